The lowest BCUT2D eigenvalue weighted by Gasteiger charge is -2.41. The number of hydrogen-bond donors (Lipinski definition) is 1. The molecule has 1 unspecified atom stereocenters. The molecule has 4 nitrogen and oxygen atoms in total. The van der Waals surface area contributed by atoms with Gasteiger partial charge in [0.2, 0.25) is 5.91 Å². The van der Waals surface area contributed by atoms with Crippen LogP contribution in [0.1, 0.15) is 35.4 Å². The normalized spacial score (nSPS) is 25.4. The fourth-order valence-corrected chi connectivity index (χ4v) is 3.88. The van der Waals surface area contributed by atoms with E-state index < -0.39 is 0 Å². The van der Waals surface area contributed by atoms with E-state index in [9.17, 15) is 9.59 Å². The molecule has 1 aliphatic heterocycles. The molecule has 2 heterocycles. The Labute approximate surface area is 122 Å². The molecule has 0 spiro atoms. The van der Waals surface area contributed by atoms with Crippen molar-refractivity contribution in [3.05, 3.63) is 34.2 Å². The van der Waals surface area contributed by atoms with Crippen molar-refractivity contribution in [2.45, 2.75) is 25.7 Å². The quantitative estimate of drug-likeness (QED) is 0.929. The standard InChI is InChI=1S/C15H18N2O2S/c1-17-12-5-2-7-15(12,8-6-13(17)18)10-16-14(19)11-4-3-9-20-11/h3-5,9H,2,6-8,10H2,1H3,(H,16,19). The molecular weight excluding hydrogens is 272 g/mol. The number of carbonyl (C=O) groups is 2. The summed E-state index contributed by atoms with van der Waals surface area (Å²) < 4.78 is 0. The largest absolute Gasteiger partial charge is 0.350 e. The van der Waals surface area contributed by atoms with Crippen LogP contribution in [0.15, 0.2) is 29.3 Å². The van der Waals surface area contributed by atoms with Crippen molar-refractivity contribution < 1.29 is 9.59 Å². The second kappa shape index (κ2) is 5.05. The summed E-state index contributed by atoms with van der Waals surface area (Å²) in [6.45, 7) is 0.618. The number of nitrogens with zero attached hydrogens (tertiary/aromatic N) is 1. The second-order valence-corrected chi connectivity index (χ2v) is 6.47. The molecule has 106 valence electrons. The molecule has 2 aliphatic rings. The smallest absolute Gasteiger partial charge is 0.261 e. The Hall–Kier alpha value is -1.62. The Balaban J connectivity index is 1.72. The predicted octanol–water partition coefficient (Wildman–Crippen LogP) is 2.39. The van der Waals surface area contributed by atoms with Gasteiger partial charge in [0.05, 0.1) is 4.88 Å². The lowest BCUT2D eigenvalue weighted by atomic mass is 9.77. The van der Waals surface area contributed by atoms with Gasteiger partial charge in [0.15, 0.2) is 0 Å². The average Bonchev–Trinajstić information content (AvgIpc) is 3.10. The molecule has 0 aromatic carbocycles. The predicted molar refractivity (Wildman–Crippen MR) is 78.4 cm³/mol. The molecule has 1 aromatic rings. The van der Waals surface area contributed by atoms with Gasteiger partial charge in [-0.3, -0.25) is 9.59 Å². The van der Waals surface area contributed by atoms with Gasteiger partial charge in [0.1, 0.15) is 0 Å². The van der Waals surface area contributed by atoms with E-state index in [0.717, 1.165) is 29.8 Å². The topological polar surface area (TPSA) is 49.4 Å². The van der Waals surface area contributed by atoms with Gasteiger partial charge < -0.3 is 10.2 Å². The minimum absolute atomic E-state index is 0.0137. The van der Waals surface area contributed by atoms with Crippen LogP contribution in [0, 0.1) is 5.41 Å². The lowest BCUT2D eigenvalue weighted by Crippen LogP contribution is -2.46. The Morgan fingerprint density at radius 1 is 1.50 bits per heavy atom. The monoisotopic (exact) mass is 290 g/mol. The number of piperidine rings is 1. The summed E-state index contributed by atoms with van der Waals surface area (Å²) in [5, 5.41) is 4.95. The molecule has 0 bridgehead atoms. The molecule has 1 aliphatic carbocycles. The van der Waals surface area contributed by atoms with Gasteiger partial charge in [0.25, 0.3) is 5.91 Å². The zero-order valence-electron chi connectivity index (χ0n) is 11.5. The van der Waals surface area contributed by atoms with Crippen molar-refractivity contribution in [2.24, 2.45) is 5.41 Å². The third-order valence-corrected chi connectivity index (χ3v) is 5.26. The molecule has 20 heavy (non-hydrogen) atoms. The average molecular weight is 290 g/mol. The minimum Gasteiger partial charge on any atom is -0.350 e. The fraction of sp³-hybridized carbons (Fsp3) is 0.467. The molecule has 1 saturated heterocycles. The van der Waals surface area contributed by atoms with Crippen LogP contribution >= 0.6 is 11.3 Å². The highest BCUT2D eigenvalue weighted by molar-refractivity contribution is 7.12. The maximum absolute atomic E-state index is 12.1. The van der Waals surface area contributed by atoms with Crippen LogP contribution in [0.4, 0.5) is 0 Å². The Morgan fingerprint density at radius 3 is 3.10 bits per heavy atom. The number of rotatable bonds is 3. The van der Waals surface area contributed by atoms with E-state index in [2.05, 4.69) is 11.4 Å². The Morgan fingerprint density at radius 2 is 2.35 bits per heavy atom. The fourth-order valence-electron chi connectivity index (χ4n) is 3.24. The molecule has 1 fully saturated rings. The van der Waals surface area contributed by atoms with E-state index in [1.807, 2.05) is 24.6 Å². The maximum atomic E-state index is 12.1. The third kappa shape index (κ3) is 2.16. The van der Waals surface area contributed by atoms with E-state index >= 15 is 0 Å². The van der Waals surface area contributed by atoms with Crippen molar-refractivity contribution in [2.75, 3.05) is 13.6 Å². The highest BCUT2D eigenvalue weighted by Crippen LogP contribution is 2.46. The summed E-state index contributed by atoms with van der Waals surface area (Å²) in [5.41, 5.74) is 1.05. The van der Waals surface area contributed by atoms with E-state index in [-0.39, 0.29) is 17.2 Å². The van der Waals surface area contributed by atoms with Crippen molar-refractivity contribution in [1.29, 1.82) is 0 Å². The van der Waals surface area contributed by atoms with Gasteiger partial charge >= 0.3 is 0 Å². The molecule has 1 atom stereocenters. The zero-order chi connectivity index (χ0) is 14.2. The highest BCUT2D eigenvalue weighted by Gasteiger charge is 2.44. The molecule has 1 aromatic heterocycles. The van der Waals surface area contributed by atoms with E-state index in [1.54, 1.807) is 4.90 Å². The summed E-state index contributed by atoms with van der Waals surface area (Å²) in [6, 6.07) is 3.71. The van der Waals surface area contributed by atoms with Crippen LogP contribution in [0.25, 0.3) is 0 Å². The van der Waals surface area contributed by atoms with Gasteiger partial charge in [-0.2, -0.15) is 0 Å². The number of likely N-dealkylation sites (tertiary alicyclic amines) is 1. The SMILES string of the molecule is CN1C(=O)CCC2(CNC(=O)c3cccs3)CCC=C12. The van der Waals surface area contributed by atoms with E-state index in [0.29, 0.717) is 13.0 Å². The van der Waals surface area contributed by atoms with Gasteiger partial charge in [-0.1, -0.05) is 12.1 Å². The van der Waals surface area contributed by atoms with Gasteiger partial charge in [-0.15, -0.1) is 11.3 Å². The van der Waals surface area contributed by atoms with E-state index in [1.165, 1.54) is 11.3 Å². The van der Waals surface area contributed by atoms with Gasteiger partial charge in [-0.05, 0) is 30.7 Å². The van der Waals surface area contributed by atoms with Gasteiger partial charge in [0, 0.05) is 31.1 Å². The van der Waals surface area contributed by atoms with Gasteiger partial charge in [-0.25, -0.2) is 0 Å². The molecule has 0 saturated carbocycles. The van der Waals surface area contributed by atoms with Crippen LogP contribution in [-0.2, 0) is 4.79 Å². The highest BCUT2D eigenvalue weighted by atomic mass is 32.1. The molecular formula is C15H18N2O2S. The molecule has 1 N–H and O–H groups in total. The van der Waals surface area contributed by atoms with Crippen molar-refractivity contribution in [3.8, 4) is 0 Å². The Bertz CT molecular complexity index is 564. The minimum atomic E-state index is -0.0461. The van der Waals surface area contributed by atoms with Crippen molar-refractivity contribution >= 4 is 23.2 Å². The molecule has 2 amide bonds. The summed E-state index contributed by atoms with van der Waals surface area (Å²) in [7, 11) is 1.84. The zero-order valence-corrected chi connectivity index (χ0v) is 12.3. The first-order chi connectivity index (χ1) is 9.62. The lowest BCUT2D eigenvalue weighted by molar-refractivity contribution is -0.131. The number of hydrogen-bond acceptors (Lipinski definition) is 3. The number of amides is 2. The summed E-state index contributed by atoms with van der Waals surface area (Å²) >= 11 is 1.45. The van der Waals surface area contributed by atoms with Crippen LogP contribution in [0.3, 0.4) is 0 Å². The van der Waals surface area contributed by atoms with Crippen LogP contribution < -0.4 is 5.32 Å². The number of thiophene rings is 1. The maximum Gasteiger partial charge on any atom is 0.261 e. The number of allylic oxidation sites excluding steroid dienone is 1. The third-order valence-electron chi connectivity index (χ3n) is 4.39. The van der Waals surface area contributed by atoms with Crippen molar-refractivity contribution in [1.82, 2.24) is 10.2 Å². The summed E-state index contributed by atoms with van der Waals surface area (Å²) in [5.74, 6) is 0.165. The summed E-state index contributed by atoms with van der Waals surface area (Å²) in [4.78, 5) is 26.4. The number of carbonyl (C=O) groups excluding carboxylic acids is 2. The first-order valence-corrected chi connectivity index (χ1v) is 7.79. The molecule has 5 heteroatoms. The van der Waals surface area contributed by atoms with E-state index in [4.69, 9.17) is 0 Å². The second-order valence-electron chi connectivity index (χ2n) is 5.52. The molecule has 3 rings (SSSR count). The Kier molecular flexibility index (Phi) is 3.38. The van der Waals surface area contributed by atoms with Crippen LogP contribution in [-0.4, -0.2) is 30.3 Å². The first kappa shape index (κ1) is 13.4. The van der Waals surface area contributed by atoms with Crippen molar-refractivity contribution in [3.63, 3.8) is 0 Å². The van der Waals surface area contributed by atoms with Crippen LogP contribution in [0.2, 0.25) is 0 Å². The summed E-state index contributed by atoms with van der Waals surface area (Å²) in [6.07, 6.45) is 5.57. The number of nitrogens with one attached hydrogen (secondary N) is 1. The first-order valence-electron chi connectivity index (χ1n) is 6.91. The number of fused-ring (bicyclic) bond motifs is 1. The molecule has 0 radical (unpaired) electrons. The van der Waals surface area contributed by atoms with Crippen LogP contribution in [0.5, 0.6) is 0 Å².